The molecule has 1 heterocycles. The lowest BCUT2D eigenvalue weighted by Gasteiger charge is -2.29. The fourth-order valence-corrected chi connectivity index (χ4v) is 3.32. The molecule has 1 fully saturated rings. The topological polar surface area (TPSA) is 50.9 Å². The first-order valence-corrected chi connectivity index (χ1v) is 7.65. The molecule has 0 spiro atoms. The molecule has 3 nitrogen and oxygen atoms in total. The Morgan fingerprint density at radius 2 is 2.00 bits per heavy atom. The summed E-state index contributed by atoms with van der Waals surface area (Å²) < 4.78 is 0. The first-order chi connectivity index (χ1) is 9.75. The predicted molar refractivity (Wildman–Crippen MR) is 85.8 cm³/mol. The zero-order valence-electron chi connectivity index (χ0n) is 12.1. The summed E-state index contributed by atoms with van der Waals surface area (Å²) in [6.07, 6.45) is 8.64. The van der Waals surface area contributed by atoms with E-state index in [0.29, 0.717) is 6.04 Å². The molecule has 0 amide bonds. The summed E-state index contributed by atoms with van der Waals surface area (Å²) in [5.74, 6) is 0.785. The Balaban J connectivity index is 1.85. The van der Waals surface area contributed by atoms with Crippen LogP contribution in [0.1, 0.15) is 39.0 Å². The summed E-state index contributed by atoms with van der Waals surface area (Å²) in [5.41, 5.74) is 8.80. The highest BCUT2D eigenvalue weighted by molar-refractivity contribution is 5.98. The third-order valence-electron chi connectivity index (χ3n) is 4.54. The van der Waals surface area contributed by atoms with Crippen LogP contribution in [0, 0.1) is 5.92 Å². The summed E-state index contributed by atoms with van der Waals surface area (Å²) in [4.78, 5) is 4.40. The number of anilines is 2. The molecule has 3 heteroatoms. The molecule has 3 N–H and O–H groups in total. The standard InChI is InChI=1S/C17H23N3/c1-12(13-6-3-2-4-7-13)20-16-10-9-15(18)17-14(16)8-5-11-19-17/h5,8-13,20H,2-4,6-7,18H2,1H3. The Morgan fingerprint density at radius 3 is 2.80 bits per heavy atom. The van der Waals surface area contributed by atoms with Crippen LogP contribution in [0.3, 0.4) is 0 Å². The maximum atomic E-state index is 6.01. The van der Waals surface area contributed by atoms with Gasteiger partial charge in [0.2, 0.25) is 0 Å². The molecule has 3 rings (SSSR count). The van der Waals surface area contributed by atoms with Crippen LogP contribution >= 0.6 is 0 Å². The fraction of sp³-hybridized carbons (Fsp3) is 0.471. The van der Waals surface area contributed by atoms with Crippen LogP contribution < -0.4 is 11.1 Å². The predicted octanol–water partition coefficient (Wildman–Crippen LogP) is 4.20. The van der Waals surface area contributed by atoms with Crippen molar-refractivity contribution in [1.82, 2.24) is 4.98 Å². The van der Waals surface area contributed by atoms with Crippen LogP contribution in [0.15, 0.2) is 30.5 Å². The van der Waals surface area contributed by atoms with Gasteiger partial charge in [-0.05, 0) is 49.9 Å². The van der Waals surface area contributed by atoms with Gasteiger partial charge in [-0.15, -0.1) is 0 Å². The maximum Gasteiger partial charge on any atom is 0.0951 e. The molecule has 1 aliphatic carbocycles. The van der Waals surface area contributed by atoms with Gasteiger partial charge in [-0.1, -0.05) is 19.3 Å². The average molecular weight is 269 g/mol. The van der Waals surface area contributed by atoms with Gasteiger partial charge in [-0.2, -0.15) is 0 Å². The minimum Gasteiger partial charge on any atom is -0.397 e. The molecule has 0 radical (unpaired) electrons. The summed E-state index contributed by atoms with van der Waals surface area (Å²) in [7, 11) is 0. The normalized spacial score (nSPS) is 18.1. The van der Waals surface area contributed by atoms with E-state index in [1.807, 2.05) is 12.1 Å². The van der Waals surface area contributed by atoms with Crippen LogP contribution in [0.5, 0.6) is 0 Å². The Labute approximate surface area is 120 Å². The van der Waals surface area contributed by atoms with Gasteiger partial charge in [0.05, 0.1) is 11.2 Å². The van der Waals surface area contributed by atoms with Crippen LogP contribution in [-0.4, -0.2) is 11.0 Å². The van der Waals surface area contributed by atoms with Crippen molar-refractivity contribution < 1.29 is 0 Å². The van der Waals surface area contributed by atoms with E-state index in [9.17, 15) is 0 Å². The highest BCUT2D eigenvalue weighted by atomic mass is 14.9. The van der Waals surface area contributed by atoms with Gasteiger partial charge in [0, 0.05) is 23.3 Å². The number of pyridine rings is 1. The van der Waals surface area contributed by atoms with Gasteiger partial charge >= 0.3 is 0 Å². The minimum absolute atomic E-state index is 0.502. The summed E-state index contributed by atoms with van der Waals surface area (Å²) in [6.45, 7) is 2.30. The van der Waals surface area contributed by atoms with Crippen LogP contribution in [0.2, 0.25) is 0 Å². The number of benzene rings is 1. The Bertz CT molecular complexity index is 588. The van der Waals surface area contributed by atoms with Crippen molar-refractivity contribution >= 4 is 22.3 Å². The zero-order valence-corrected chi connectivity index (χ0v) is 12.1. The lowest BCUT2D eigenvalue weighted by molar-refractivity contribution is 0.328. The smallest absolute Gasteiger partial charge is 0.0951 e. The molecule has 1 atom stereocenters. The Kier molecular flexibility index (Phi) is 3.77. The zero-order chi connectivity index (χ0) is 13.9. The summed E-state index contributed by atoms with van der Waals surface area (Å²) in [6, 6.07) is 8.60. The number of aromatic nitrogens is 1. The number of nitrogens with two attached hydrogens (primary N) is 1. The highest BCUT2D eigenvalue weighted by Crippen LogP contribution is 2.31. The van der Waals surface area contributed by atoms with Crippen LogP contribution in [-0.2, 0) is 0 Å². The molecule has 0 bridgehead atoms. The molecule has 1 unspecified atom stereocenters. The number of nitrogens with one attached hydrogen (secondary N) is 1. The monoisotopic (exact) mass is 269 g/mol. The van der Waals surface area contributed by atoms with E-state index in [2.05, 4.69) is 29.4 Å². The van der Waals surface area contributed by atoms with Gasteiger partial charge in [0.25, 0.3) is 0 Å². The van der Waals surface area contributed by atoms with Gasteiger partial charge in [-0.25, -0.2) is 0 Å². The first-order valence-electron chi connectivity index (χ1n) is 7.65. The Hall–Kier alpha value is -1.77. The van der Waals surface area contributed by atoms with Crippen LogP contribution in [0.25, 0.3) is 10.9 Å². The quantitative estimate of drug-likeness (QED) is 0.821. The van der Waals surface area contributed by atoms with Crippen molar-refractivity contribution in [3.05, 3.63) is 30.5 Å². The first kappa shape index (κ1) is 13.2. The molecule has 1 aliphatic rings. The second kappa shape index (κ2) is 5.70. The van der Waals surface area contributed by atoms with Gasteiger partial charge in [0.1, 0.15) is 0 Å². The lowest BCUT2D eigenvalue weighted by atomic mass is 9.84. The van der Waals surface area contributed by atoms with Gasteiger partial charge in [0.15, 0.2) is 0 Å². The number of hydrogen-bond acceptors (Lipinski definition) is 3. The number of rotatable bonds is 3. The SMILES string of the molecule is CC(Nc1ccc(N)c2ncccc12)C1CCCCC1. The summed E-state index contributed by atoms with van der Waals surface area (Å²) >= 11 is 0. The minimum atomic E-state index is 0.502. The molecule has 20 heavy (non-hydrogen) atoms. The van der Waals surface area contributed by atoms with E-state index in [-0.39, 0.29) is 0 Å². The maximum absolute atomic E-state index is 6.01. The number of fused-ring (bicyclic) bond motifs is 1. The van der Waals surface area contributed by atoms with Crippen molar-refractivity contribution in [3.8, 4) is 0 Å². The van der Waals surface area contributed by atoms with E-state index >= 15 is 0 Å². The van der Waals surface area contributed by atoms with Gasteiger partial charge < -0.3 is 11.1 Å². The number of nitrogens with zero attached hydrogens (tertiary/aromatic N) is 1. The molecular weight excluding hydrogens is 246 g/mol. The summed E-state index contributed by atoms with van der Waals surface area (Å²) in [5, 5.41) is 4.81. The van der Waals surface area contributed by atoms with Crippen molar-refractivity contribution in [2.45, 2.75) is 45.1 Å². The fourth-order valence-electron chi connectivity index (χ4n) is 3.32. The molecule has 0 aliphatic heterocycles. The molecule has 2 aromatic rings. The second-order valence-electron chi connectivity index (χ2n) is 5.93. The van der Waals surface area contributed by atoms with Gasteiger partial charge in [-0.3, -0.25) is 4.98 Å². The van der Waals surface area contributed by atoms with E-state index in [1.165, 1.54) is 32.1 Å². The van der Waals surface area contributed by atoms with Crippen molar-refractivity contribution in [1.29, 1.82) is 0 Å². The molecule has 106 valence electrons. The molecular formula is C17H23N3. The van der Waals surface area contributed by atoms with Crippen LogP contribution in [0.4, 0.5) is 11.4 Å². The van der Waals surface area contributed by atoms with E-state index < -0.39 is 0 Å². The lowest BCUT2D eigenvalue weighted by Crippen LogP contribution is -2.27. The second-order valence-corrected chi connectivity index (χ2v) is 5.93. The largest absolute Gasteiger partial charge is 0.397 e. The molecule has 1 aromatic heterocycles. The molecule has 0 saturated heterocycles. The third kappa shape index (κ3) is 2.58. The molecule has 1 saturated carbocycles. The van der Waals surface area contributed by atoms with Crippen molar-refractivity contribution in [3.63, 3.8) is 0 Å². The van der Waals surface area contributed by atoms with E-state index in [4.69, 9.17) is 5.73 Å². The van der Waals surface area contributed by atoms with E-state index in [1.54, 1.807) is 6.20 Å². The Morgan fingerprint density at radius 1 is 1.20 bits per heavy atom. The van der Waals surface area contributed by atoms with Crippen molar-refractivity contribution in [2.75, 3.05) is 11.1 Å². The van der Waals surface area contributed by atoms with Crippen molar-refractivity contribution in [2.24, 2.45) is 5.92 Å². The highest BCUT2D eigenvalue weighted by Gasteiger charge is 2.20. The molecule has 1 aromatic carbocycles. The third-order valence-corrected chi connectivity index (χ3v) is 4.54. The number of hydrogen-bond donors (Lipinski definition) is 2. The number of nitrogen functional groups attached to an aromatic ring is 1. The van der Waals surface area contributed by atoms with E-state index in [0.717, 1.165) is 28.2 Å². The average Bonchev–Trinajstić information content (AvgIpc) is 2.51.